The highest BCUT2D eigenvalue weighted by atomic mass is 79.9. The van der Waals surface area contributed by atoms with E-state index in [0.29, 0.717) is 13.2 Å². The third kappa shape index (κ3) is 4.58. The Bertz CT molecular complexity index is 511. The van der Waals surface area contributed by atoms with Gasteiger partial charge < -0.3 is 14.6 Å². The fourth-order valence-corrected chi connectivity index (χ4v) is 1.85. The Hall–Kier alpha value is -1.52. The lowest BCUT2D eigenvalue weighted by Crippen LogP contribution is -2.09. The molecule has 0 heterocycles. The largest absolute Gasteiger partial charge is 0.490 e. The molecule has 0 saturated carbocycles. The van der Waals surface area contributed by atoms with Crippen molar-refractivity contribution < 1.29 is 14.6 Å². The standard InChI is InChI=1S/C15H15BrO3/c16-13-4-6-14(7-5-13)18-8-9-19-15-3-1-2-12(10-15)11-17/h1-7,10,17H,8-9,11H2. The van der Waals surface area contributed by atoms with Crippen molar-refractivity contribution in [2.45, 2.75) is 6.61 Å². The van der Waals surface area contributed by atoms with Gasteiger partial charge >= 0.3 is 0 Å². The highest BCUT2D eigenvalue weighted by Crippen LogP contribution is 2.16. The molecule has 2 aromatic rings. The summed E-state index contributed by atoms with van der Waals surface area (Å²) in [6, 6.07) is 15.1. The highest BCUT2D eigenvalue weighted by molar-refractivity contribution is 9.10. The molecule has 0 unspecified atom stereocenters. The number of benzene rings is 2. The predicted octanol–water partition coefficient (Wildman–Crippen LogP) is 3.40. The second-order valence-electron chi connectivity index (χ2n) is 3.96. The summed E-state index contributed by atoms with van der Waals surface area (Å²) in [7, 11) is 0. The van der Waals surface area contributed by atoms with Gasteiger partial charge in [0, 0.05) is 4.47 Å². The molecule has 2 aromatic carbocycles. The van der Waals surface area contributed by atoms with Gasteiger partial charge in [0.25, 0.3) is 0 Å². The van der Waals surface area contributed by atoms with Crippen LogP contribution < -0.4 is 9.47 Å². The van der Waals surface area contributed by atoms with Crippen LogP contribution in [0.15, 0.2) is 53.0 Å². The first-order chi connectivity index (χ1) is 9.28. The third-order valence-electron chi connectivity index (χ3n) is 2.52. The Balaban J connectivity index is 1.75. The van der Waals surface area contributed by atoms with Gasteiger partial charge in [0.15, 0.2) is 0 Å². The fraction of sp³-hybridized carbons (Fsp3) is 0.200. The zero-order valence-corrected chi connectivity index (χ0v) is 12.0. The number of rotatable bonds is 6. The highest BCUT2D eigenvalue weighted by Gasteiger charge is 1.97. The lowest BCUT2D eigenvalue weighted by molar-refractivity contribution is 0.216. The molecule has 1 N–H and O–H groups in total. The van der Waals surface area contributed by atoms with E-state index in [1.807, 2.05) is 48.5 Å². The van der Waals surface area contributed by atoms with Gasteiger partial charge in [-0.1, -0.05) is 28.1 Å². The normalized spacial score (nSPS) is 10.2. The van der Waals surface area contributed by atoms with Crippen LogP contribution in [-0.4, -0.2) is 18.3 Å². The molecule has 0 bridgehead atoms. The van der Waals surface area contributed by atoms with Gasteiger partial charge in [0.1, 0.15) is 24.7 Å². The Labute approximate surface area is 120 Å². The van der Waals surface area contributed by atoms with Gasteiger partial charge in [-0.25, -0.2) is 0 Å². The monoisotopic (exact) mass is 322 g/mol. The lowest BCUT2D eigenvalue weighted by Gasteiger charge is -2.09. The SMILES string of the molecule is OCc1cccc(OCCOc2ccc(Br)cc2)c1. The van der Waals surface area contributed by atoms with Crippen molar-refractivity contribution in [3.8, 4) is 11.5 Å². The molecule has 0 spiro atoms. The van der Waals surface area contributed by atoms with Crippen LogP contribution in [0.5, 0.6) is 11.5 Å². The molecule has 2 rings (SSSR count). The van der Waals surface area contributed by atoms with Crippen LogP contribution in [-0.2, 0) is 6.61 Å². The quantitative estimate of drug-likeness (QED) is 0.828. The maximum atomic E-state index is 9.02. The van der Waals surface area contributed by atoms with E-state index < -0.39 is 0 Å². The summed E-state index contributed by atoms with van der Waals surface area (Å²) in [5, 5.41) is 9.02. The number of aliphatic hydroxyl groups is 1. The summed E-state index contributed by atoms with van der Waals surface area (Å²) in [5.74, 6) is 1.56. The molecule has 0 saturated heterocycles. The van der Waals surface area contributed by atoms with E-state index >= 15 is 0 Å². The number of aliphatic hydroxyl groups excluding tert-OH is 1. The predicted molar refractivity (Wildman–Crippen MR) is 77.5 cm³/mol. The maximum absolute atomic E-state index is 9.02. The first kappa shape index (κ1) is 13.9. The van der Waals surface area contributed by atoms with E-state index in [1.165, 1.54) is 0 Å². The van der Waals surface area contributed by atoms with E-state index in [0.717, 1.165) is 21.5 Å². The van der Waals surface area contributed by atoms with Crippen LogP contribution in [0.3, 0.4) is 0 Å². The lowest BCUT2D eigenvalue weighted by atomic mass is 10.2. The fourth-order valence-electron chi connectivity index (χ4n) is 1.58. The number of hydrogen-bond acceptors (Lipinski definition) is 3. The van der Waals surface area contributed by atoms with Crippen molar-refractivity contribution in [3.63, 3.8) is 0 Å². The molecular formula is C15H15BrO3. The molecule has 19 heavy (non-hydrogen) atoms. The maximum Gasteiger partial charge on any atom is 0.122 e. The molecular weight excluding hydrogens is 308 g/mol. The summed E-state index contributed by atoms with van der Waals surface area (Å²) < 4.78 is 12.1. The number of ether oxygens (including phenoxy) is 2. The summed E-state index contributed by atoms with van der Waals surface area (Å²) in [4.78, 5) is 0. The van der Waals surface area contributed by atoms with Gasteiger partial charge in [-0.05, 0) is 42.0 Å². The van der Waals surface area contributed by atoms with Crippen LogP contribution in [0.1, 0.15) is 5.56 Å². The Morgan fingerprint density at radius 2 is 1.58 bits per heavy atom. The molecule has 0 amide bonds. The molecule has 4 heteroatoms. The van der Waals surface area contributed by atoms with Crippen LogP contribution in [0.4, 0.5) is 0 Å². The smallest absolute Gasteiger partial charge is 0.122 e. The zero-order chi connectivity index (χ0) is 13.5. The molecule has 0 aromatic heterocycles. The first-order valence-corrected chi connectivity index (χ1v) is 6.78. The summed E-state index contributed by atoms with van der Waals surface area (Å²) in [6.45, 7) is 0.961. The molecule has 100 valence electrons. The van der Waals surface area contributed by atoms with Crippen molar-refractivity contribution in [2.75, 3.05) is 13.2 Å². The molecule has 0 radical (unpaired) electrons. The Kier molecular flexibility index (Phi) is 5.24. The van der Waals surface area contributed by atoms with Gasteiger partial charge in [-0.3, -0.25) is 0 Å². The van der Waals surface area contributed by atoms with E-state index in [4.69, 9.17) is 14.6 Å². The van der Waals surface area contributed by atoms with E-state index in [-0.39, 0.29) is 6.61 Å². The second-order valence-corrected chi connectivity index (χ2v) is 4.87. The van der Waals surface area contributed by atoms with E-state index in [2.05, 4.69) is 15.9 Å². The minimum absolute atomic E-state index is 0.0204. The van der Waals surface area contributed by atoms with Gasteiger partial charge in [0.2, 0.25) is 0 Å². The summed E-state index contributed by atoms with van der Waals surface area (Å²) in [6.07, 6.45) is 0. The molecule has 0 aliphatic carbocycles. The van der Waals surface area contributed by atoms with Crippen LogP contribution >= 0.6 is 15.9 Å². The summed E-state index contributed by atoms with van der Waals surface area (Å²) >= 11 is 3.37. The second kappa shape index (κ2) is 7.16. The topological polar surface area (TPSA) is 38.7 Å². The number of halogens is 1. The Morgan fingerprint density at radius 3 is 2.26 bits per heavy atom. The average molecular weight is 323 g/mol. The van der Waals surface area contributed by atoms with Crippen LogP contribution in [0.2, 0.25) is 0 Å². The van der Waals surface area contributed by atoms with Crippen molar-refractivity contribution in [2.24, 2.45) is 0 Å². The van der Waals surface area contributed by atoms with Crippen molar-refractivity contribution in [1.29, 1.82) is 0 Å². The number of hydrogen-bond donors (Lipinski definition) is 1. The van der Waals surface area contributed by atoms with Crippen molar-refractivity contribution in [3.05, 3.63) is 58.6 Å². The Morgan fingerprint density at radius 1 is 0.895 bits per heavy atom. The molecule has 0 atom stereocenters. The van der Waals surface area contributed by atoms with Gasteiger partial charge in [-0.2, -0.15) is 0 Å². The van der Waals surface area contributed by atoms with Crippen LogP contribution in [0.25, 0.3) is 0 Å². The third-order valence-corrected chi connectivity index (χ3v) is 3.04. The average Bonchev–Trinajstić information content (AvgIpc) is 2.46. The van der Waals surface area contributed by atoms with Crippen molar-refractivity contribution in [1.82, 2.24) is 0 Å². The van der Waals surface area contributed by atoms with Crippen molar-refractivity contribution >= 4 is 15.9 Å². The van der Waals surface area contributed by atoms with E-state index in [1.54, 1.807) is 0 Å². The van der Waals surface area contributed by atoms with Gasteiger partial charge in [0.05, 0.1) is 6.61 Å². The molecule has 0 fully saturated rings. The zero-order valence-electron chi connectivity index (χ0n) is 10.4. The first-order valence-electron chi connectivity index (χ1n) is 5.99. The molecule has 3 nitrogen and oxygen atoms in total. The van der Waals surface area contributed by atoms with E-state index in [9.17, 15) is 0 Å². The molecule has 0 aliphatic heterocycles. The minimum Gasteiger partial charge on any atom is -0.490 e. The minimum atomic E-state index is 0.0204. The van der Waals surface area contributed by atoms with Crippen LogP contribution in [0, 0.1) is 0 Å². The molecule has 0 aliphatic rings. The summed E-state index contributed by atoms with van der Waals surface area (Å²) in [5.41, 5.74) is 0.839. The van der Waals surface area contributed by atoms with Gasteiger partial charge in [-0.15, -0.1) is 0 Å².